The zero-order valence-corrected chi connectivity index (χ0v) is 14.4. The first-order valence-corrected chi connectivity index (χ1v) is 9.18. The van der Waals surface area contributed by atoms with Crippen molar-refractivity contribution in [2.45, 2.75) is 26.0 Å². The Morgan fingerprint density at radius 1 is 1.43 bits per heavy atom. The van der Waals surface area contributed by atoms with E-state index in [1.54, 1.807) is 43.2 Å². The van der Waals surface area contributed by atoms with Gasteiger partial charge in [0.25, 0.3) is 0 Å². The molecule has 23 heavy (non-hydrogen) atoms. The van der Waals surface area contributed by atoms with Crippen molar-refractivity contribution in [3.05, 3.63) is 36.4 Å². The van der Waals surface area contributed by atoms with Crippen LogP contribution in [0.1, 0.15) is 19.5 Å². The van der Waals surface area contributed by atoms with Crippen LogP contribution in [0.3, 0.4) is 0 Å². The second-order valence-electron chi connectivity index (χ2n) is 5.31. The van der Waals surface area contributed by atoms with Gasteiger partial charge in [-0.3, -0.25) is 9.78 Å². The van der Waals surface area contributed by atoms with Crippen molar-refractivity contribution in [2.24, 2.45) is 0 Å². The Labute approximate surface area is 135 Å². The second kappa shape index (κ2) is 6.49. The van der Waals surface area contributed by atoms with Gasteiger partial charge in [-0.05, 0) is 32.9 Å². The number of carbonyl (C=O) groups is 1. The zero-order valence-electron chi connectivity index (χ0n) is 13.6. The highest BCUT2D eigenvalue weighted by Gasteiger charge is 2.30. The molecule has 0 aliphatic heterocycles. The maximum Gasteiger partial charge on any atom is 0.245 e. The number of hydrogen-bond donors (Lipinski definition) is 0. The Bertz CT molecular complexity index is 799. The minimum Gasteiger partial charge on any atom is -0.308 e. The Kier molecular flexibility index (Phi) is 4.84. The first-order valence-electron chi connectivity index (χ1n) is 7.22. The van der Waals surface area contributed by atoms with Crippen LogP contribution in [0.5, 0.6) is 0 Å². The average molecular weight is 336 g/mol. The molecule has 2 aromatic heterocycles. The van der Waals surface area contributed by atoms with E-state index in [4.69, 9.17) is 0 Å². The van der Waals surface area contributed by atoms with Crippen molar-refractivity contribution in [1.29, 1.82) is 0 Å². The first-order chi connectivity index (χ1) is 10.8. The molecule has 0 bridgehead atoms. The molecule has 0 saturated carbocycles. The first kappa shape index (κ1) is 17.1. The molecule has 2 rings (SSSR count). The van der Waals surface area contributed by atoms with E-state index in [0.29, 0.717) is 17.9 Å². The van der Waals surface area contributed by atoms with Gasteiger partial charge in [0.2, 0.25) is 5.91 Å². The van der Waals surface area contributed by atoms with Gasteiger partial charge in [-0.25, -0.2) is 13.1 Å². The smallest absolute Gasteiger partial charge is 0.245 e. The van der Waals surface area contributed by atoms with Gasteiger partial charge in [0.1, 0.15) is 5.25 Å². The number of rotatable bonds is 5. The van der Waals surface area contributed by atoms with Crippen molar-refractivity contribution in [1.82, 2.24) is 14.8 Å². The summed E-state index contributed by atoms with van der Waals surface area (Å²) < 4.78 is 24.9. The van der Waals surface area contributed by atoms with E-state index in [9.17, 15) is 13.2 Å². The number of anilines is 1. The van der Waals surface area contributed by atoms with Crippen molar-refractivity contribution in [2.75, 3.05) is 17.7 Å². The van der Waals surface area contributed by atoms with Gasteiger partial charge in [0.05, 0.1) is 29.5 Å². The molecule has 0 aliphatic rings. The Hall–Kier alpha value is -2.22. The number of pyridine rings is 1. The summed E-state index contributed by atoms with van der Waals surface area (Å²) in [5, 5.41) is 3.29. The molecule has 0 aromatic carbocycles. The van der Waals surface area contributed by atoms with Gasteiger partial charge in [0.15, 0.2) is 9.84 Å². The van der Waals surface area contributed by atoms with E-state index in [-0.39, 0.29) is 0 Å². The molecule has 8 heteroatoms. The molecular formula is C15H20N4O3S. The number of sulfone groups is 1. The molecule has 2 aromatic rings. The fourth-order valence-corrected chi connectivity index (χ4v) is 2.68. The lowest BCUT2D eigenvalue weighted by molar-refractivity contribution is -0.117. The van der Waals surface area contributed by atoms with E-state index in [2.05, 4.69) is 10.1 Å². The fourth-order valence-electron chi connectivity index (χ4n) is 2.18. The third kappa shape index (κ3) is 3.58. The number of aromatic nitrogens is 3. The molecule has 0 fully saturated rings. The summed E-state index contributed by atoms with van der Waals surface area (Å²) in [5.74, 6) is -0.455. The third-order valence-corrected chi connectivity index (χ3v) is 5.13. The van der Waals surface area contributed by atoms with Gasteiger partial charge in [-0.2, -0.15) is 5.10 Å². The summed E-state index contributed by atoms with van der Waals surface area (Å²) in [6, 6.07) is 3.64. The lowest BCUT2D eigenvalue weighted by Crippen LogP contribution is -2.41. The predicted octanol–water partition coefficient (Wildman–Crippen LogP) is 1.36. The molecule has 0 radical (unpaired) electrons. The number of hydrogen-bond acceptors (Lipinski definition) is 5. The minimum atomic E-state index is -3.45. The van der Waals surface area contributed by atoms with E-state index in [0.717, 1.165) is 11.9 Å². The summed E-state index contributed by atoms with van der Waals surface area (Å²) in [7, 11) is -3.45. The van der Waals surface area contributed by atoms with Crippen LogP contribution in [0, 0.1) is 6.92 Å². The predicted molar refractivity (Wildman–Crippen MR) is 88.4 cm³/mol. The standard InChI is InChI=1S/C15H20N4O3S/c1-5-18(15(20)12(3)23(4,21)22)14-10-19(17-11(14)2)13-7-6-8-16-9-13/h6-10,12H,5H2,1-4H3. The van der Waals surface area contributed by atoms with Crippen LogP contribution < -0.4 is 4.90 Å². The molecule has 0 spiro atoms. The van der Waals surface area contributed by atoms with Crippen LogP contribution >= 0.6 is 0 Å². The molecule has 124 valence electrons. The number of carbonyl (C=O) groups excluding carboxylic acids is 1. The van der Waals surface area contributed by atoms with Crippen LogP contribution in [-0.2, 0) is 14.6 Å². The number of nitrogens with zero attached hydrogens (tertiary/aromatic N) is 4. The van der Waals surface area contributed by atoms with E-state index in [1.807, 2.05) is 6.07 Å². The monoisotopic (exact) mass is 336 g/mol. The van der Waals surface area contributed by atoms with Crippen LogP contribution in [0.25, 0.3) is 5.69 Å². The van der Waals surface area contributed by atoms with E-state index >= 15 is 0 Å². The highest BCUT2D eigenvalue weighted by Crippen LogP contribution is 2.22. The lowest BCUT2D eigenvalue weighted by atomic mass is 10.3. The minimum absolute atomic E-state index is 0.359. The van der Waals surface area contributed by atoms with Crippen LogP contribution in [0.2, 0.25) is 0 Å². The molecular weight excluding hydrogens is 316 g/mol. The summed E-state index contributed by atoms with van der Waals surface area (Å²) in [4.78, 5) is 18.0. The quantitative estimate of drug-likeness (QED) is 0.823. The molecule has 0 aliphatic carbocycles. The summed E-state index contributed by atoms with van der Waals surface area (Å²) in [5.41, 5.74) is 2.00. The molecule has 0 saturated heterocycles. The molecule has 1 unspecified atom stereocenters. The maximum absolute atomic E-state index is 12.5. The third-order valence-electron chi connectivity index (χ3n) is 3.65. The summed E-state index contributed by atoms with van der Waals surface area (Å²) >= 11 is 0. The van der Waals surface area contributed by atoms with Gasteiger partial charge in [-0.15, -0.1) is 0 Å². The van der Waals surface area contributed by atoms with Gasteiger partial charge in [0, 0.05) is 19.0 Å². The van der Waals surface area contributed by atoms with Gasteiger partial charge in [-0.1, -0.05) is 0 Å². The Morgan fingerprint density at radius 3 is 2.65 bits per heavy atom. The summed E-state index contributed by atoms with van der Waals surface area (Å²) in [6.07, 6.45) is 6.10. The normalized spacial score (nSPS) is 12.9. The summed E-state index contributed by atoms with van der Waals surface area (Å²) in [6.45, 7) is 5.34. The van der Waals surface area contributed by atoms with E-state index < -0.39 is 21.0 Å². The lowest BCUT2D eigenvalue weighted by Gasteiger charge is -2.22. The highest BCUT2D eigenvalue weighted by molar-refractivity contribution is 7.92. The maximum atomic E-state index is 12.5. The average Bonchev–Trinajstić information content (AvgIpc) is 2.89. The Morgan fingerprint density at radius 2 is 2.13 bits per heavy atom. The molecule has 1 amide bonds. The van der Waals surface area contributed by atoms with E-state index in [1.165, 1.54) is 11.8 Å². The second-order valence-corrected chi connectivity index (χ2v) is 7.68. The highest BCUT2D eigenvalue weighted by atomic mass is 32.2. The van der Waals surface area contributed by atoms with Crippen LogP contribution in [0.4, 0.5) is 5.69 Å². The fraction of sp³-hybridized carbons (Fsp3) is 0.400. The number of amides is 1. The largest absolute Gasteiger partial charge is 0.308 e. The van der Waals surface area contributed by atoms with Crippen LogP contribution in [-0.4, -0.2) is 47.1 Å². The van der Waals surface area contributed by atoms with Crippen molar-refractivity contribution < 1.29 is 13.2 Å². The van der Waals surface area contributed by atoms with Gasteiger partial charge >= 0.3 is 0 Å². The van der Waals surface area contributed by atoms with Crippen molar-refractivity contribution >= 4 is 21.4 Å². The molecule has 1 atom stereocenters. The molecule has 2 heterocycles. The van der Waals surface area contributed by atoms with Crippen molar-refractivity contribution in [3.63, 3.8) is 0 Å². The van der Waals surface area contributed by atoms with Crippen LogP contribution in [0.15, 0.2) is 30.7 Å². The SMILES string of the molecule is CCN(C(=O)C(C)S(C)(=O)=O)c1cn(-c2cccnc2)nc1C. The van der Waals surface area contributed by atoms with Gasteiger partial charge < -0.3 is 4.90 Å². The number of aryl methyl sites for hydroxylation is 1. The zero-order chi connectivity index (χ0) is 17.2. The Balaban J connectivity index is 2.40. The topological polar surface area (TPSA) is 85.2 Å². The molecule has 0 N–H and O–H groups in total. The molecule has 7 nitrogen and oxygen atoms in total. The van der Waals surface area contributed by atoms with Crippen molar-refractivity contribution in [3.8, 4) is 5.69 Å².